The molecule has 2 aromatic carbocycles. The minimum absolute atomic E-state index is 0.0704. The molecule has 0 aromatic heterocycles. The zero-order valence-corrected chi connectivity index (χ0v) is 14.1. The standard InChI is InChI=1S/C20H24N2O2/c1-24-19-12-6-5-11-18(19)20(23)21-14-17-10-7-13-22(17)15-16-8-3-2-4-9-16/h2-6,8-9,11-12,17H,7,10,13-15H2,1H3,(H,21,23). The highest BCUT2D eigenvalue weighted by Crippen LogP contribution is 2.20. The van der Waals surface area contributed by atoms with Crippen molar-refractivity contribution in [1.29, 1.82) is 0 Å². The SMILES string of the molecule is COc1ccccc1C(=O)NCC1CCCN1Cc1ccccc1. The molecule has 0 bridgehead atoms. The van der Waals surface area contributed by atoms with Gasteiger partial charge in [0.25, 0.3) is 5.91 Å². The molecule has 24 heavy (non-hydrogen) atoms. The van der Waals surface area contributed by atoms with E-state index in [0.717, 1.165) is 19.5 Å². The fourth-order valence-electron chi connectivity index (χ4n) is 3.29. The van der Waals surface area contributed by atoms with Crippen molar-refractivity contribution in [3.8, 4) is 5.75 Å². The third-order valence-corrected chi connectivity index (χ3v) is 4.58. The molecule has 0 aliphatic carbocycles. The van der Waals surface area contributed by atoms with Crippen molar-refractivity contribution in [1.82, 2.24) is 10.2 Å². The Hall–Kier alpha value is -2.33. The number of ether oxygens (including phenoxy) is 1. The number of nitrogens with one attached hydrogen (secondary N) is 1. The summed E-state index contributed by atoms with van der Waals surface area (Å²) in [6.07, 6.45) is 2.31. The molecule has 4 heteroatoms. The smallest absolute Gasteiger partial charge is 0.255 e. The van der Waals surface area contributed by atoms with Crippen LogP contribution in [0.3, 0.4) is 0 Å². The summed E-state index contributed by atoms with van der Waals surface area (Å²) in [5.41, 5.74) is 1.91. The van der Waals surface area contributed by atoms with Gasteiger partial charge in [-0.15, -0.1) is 0 Å². The number of carbonyl (C=O) groups is 1. The van der Waals surface area contributed by atoms with Crippen LogP contribution in [0.4, 0.5) is 0 Å². The molecule has 1 N–H and O–H groups in total. The van der Waals surface area contributed by atoms with Gasteiger partial charge in [-0.2, -0.15) is 0 Å². The lowest BCUT2D eigenvalue weighted by atomic mass is 10.1. The fourth-order valence-corrected chi connectivity index (χ4v) is 3.29. The molecule has 1 heterocycles. The molecule has 1 aliphatic heterocycles. The van der Waals surface area contributed by atoms with E-state index >= 15 is 0 Å². The largest absolute Gasteiger partial charge is 0.496 e. The Balaban J connectivity index is 1.58. The summed E-state index contributed by atoms with van der Waals surface area (Å²) >= 11 is 0. The summed E-state index contributed by atoms with van der Waals surface area (Å²) in [5, 5.41) is 3.07. The summed E-state index contributed by atoms with van der Waals surface area (Å²) in [5.74, 6) is 0.543. The van der Waals surface area contributed by atoms with Crippen LogP contribution in [0.15, 0.2) is 54.6 Å². The lowest BCUT2D eigenvalue weighted by molar-refractivity contribution is 0.0937. The van der Waals surface area contributed by atoms with Gasteiger partial charge in [-0.05, 0) is 37.1 Å². The number of amides is 1. The molecule has 4 nitrogen and oxygen atoms in total. The summed E-state index contributed by atoms with van der Waals surface area (Å²) in [7, 11) is 1.59. The molecule has 1 amide bonds. The van der Waals surface area contributed by atoms with Gasteiger partial charge < -0.3 is 10.1 Å². The highest BCUT2D eigenvalue weighted by Gasteiger charge is 2.25. The van der Waals surface area contributed by atoms with E-state index in [1.54, 1.807) is 13.2 Å². The van der Waals surface area contributed by atoms with Crippen LogP contribution in [-0.4, -0.2) is 37.0 Å². The van der Waals surface area contributed by atoms with Crippen molar-refractivity contribution in [2.24, 2.45) is 0 Å². The molecular formula is C20H24N2O2. The van der Waals surface area contributed by atoms with E-state index < -0.39 is 0 Å². The second kappa shape index (κ2) is 7.97. The number of carbonyl (C=O) groups excluding carboxylic acids is 1. The van der Waals surface area contributed by atoms with E-state index in [4.69, 9.17) is 4.74 Å². The molecule has 1 fully saturated rings. The minimum Gasteiger partial charge on any atom is -0.496 e. The average molecular weight is 324 g/mol. The number of methoxy groups -OCH3 is 1. The van der Waals surface area contributed by atoms with Crippen LogP contribution in [0, 0.1) is 0 Å². The number of likely N-dealkylation sites (tertiary alicyclic amines) is 1. The number of hydrogen-bond donors (Lipinski definition) is 1. The first-order valence-electron chi connectivity index (χ1n) is 8.47. The highest BCUT2D eigenvalue weighted by atomic mass is 16.5. The molecule has 3 rings (SSSR count). The Morgan fingerprint density at radius 1 is 1.17 bits per heavy atom. The fraction of sp³-hybridized carbons (Fsp3) is 0.350. The van der Waals surface area contributed by atoms with E-state index in [1.165, 1.54) is 12.0 Å². The average Bonchev–Trinajstić information content (AvgIpc) is 3.07. The zero-order chi connectivity index (χ0) is 16.8. The lowest BCUT2D eigenvalue weighted by Crippen LogP contribution is -2.39. The van der Waals surface area contributed by atoms with E-state index in [-0.39, 0.29) is 5.91 Å². The third-order valence-electron chi connectivity index (χ3n) is 4.58. The van der Waals surface area contributed by atoms with Crippen molar-refractivity contribution in [2.45, 2.75) is 25.4 Å². The second-order valence-corrected chi connectivity index (χ2v) is 6.16. The van der Waals surface area contributed by atoms with Crippen LogP contribution >= 0.6 is 0 Å². The summed E-state index contributed by atoms with van der Waals surface area (Å²) in [6.45, 7) is 2.70. The van der Waals surface area contributed by atoms with Crippen molar-refractivity contribution in [3.63, 3.8) is 0 Å². The summed E-state index contributed by atoms with van der Waals surface area (Å²) < 4.78 is 5.27. The van der Waals surface area contributed by atoms with E-state index in [9.17, 15) is 4.79 Å². The third kappa shape index (κ3) is 3.95. The van der Waals surface area contributed by atoms with Gasteiger partial charge in [0.05, 0.1) is 12.7 Å². The Kier molecular flexibility index (Phi) is 5.49. The van der Waals surface area contributed by atoms with Gasteiger partial charge in [-0.1, -0.05) is 42.5 Å². The molecule has 1 atom stereocenters. The van der Waals surface area contributed by atoms with Gasteiger partial charge in [-0.3, -0.25) is 9.69 Å². The topological polar surface area (TPSA) is 41.6 Å². The lowest BCUT2D eigenvalue weighted by Gasteiger charge is -2.25. The molecular weight excluding hydrogens is 300 g/mol. The summed E-state index contributed by atoms with van der Waals surface area (Å²) in [6, 6.07) is 18.2. The number of benzene rings is 2. The van der Waals surface area contributed by atoms with Crippen LogP contribution in [0.25, 0.3) is 0 Å². The monoisotopic (exact) mass is 324 g/mol. The summed E-state index contributed by atoms with van der Waals surface area (Å²) in [4.78, 5) is 14.9. The Labute approximate surface area is 143 Å². The van der Waals surface area contributed by atoms with Gasteiger partial charge in [0, 0.05) is 19.1 Å². The van der Waals surface area contributed by atoms with Crippen molar-refractivity contribution >= 4 is 5.91 Å². The molecule has 126 valence electrons. The van der Waals surface area contributed by atoms with Gasteiger partial charge >= 0.3 is 0 Å². The molecule has 1 saturated heterocycles. The molecule has 0 spiro atoms. The quantitative estimate of drug-likeness (QED) is 0.888. The Morgan fingerprint density at radius 2 is 1.92 bits per heavy atom. The minimum atomic E-state index is -0.0704. The molecule has 1 aliphatic rings. The first kappa shape index (κ1) is 16.5. The van der Waals surface area contributed by atoms with E-state index in [1.807, 2.05) is 24.3 Å². The number of para-hydroxylation sites is 1. The van der Waals surface area contributed by atoms with Crippen molar-refractivity contribution in [3.05, 3.63) is 65.7 Å². The highest BCUT2D eigenvalue weighted by molar-refractivity contribution is 5.96. The second-order valence-electron chi connectivity index (χ2n) is 6.16. The maximum absolute atomic E-state index is 12.4. The van der Waals surface area contributed by atoms with Crippen LogP contribution in [0.1, 0.15) is 28.8 Å². The molecule has 1 unspecified atom stereocenters. The van der Waals surface area contributed by atoms with Crippen LogP contribution in [-0.2, 0) is 6.54 Å². The van der Waals surface area contributed by atoms with E-state index in [2.05, 4.69) is 34.5 Å². The van der Waals surface area contributed by atoms with Gasteiger partial charge in [0.15, 0.2) is 0 Å². The van der Waals surface area contributed by atoms with Crippen molar-refractivity contribution in [2.75, 3.05) is 20.2 Å². The molecule has 2 aromatic rings. The van der Waals surface area contributed by atoms with Gasteiger partial charge in [0.1, 0.15) is 5.75 Å². The predicted molar refractivity (Wildman–Crippen MR) is 95.2 cm³/mol. The number of nitrogens with zero attached hydrogens (tertiary/aromatic N) is 1. The van der Waals surface area contributed by atoms with Gasteiger partial charge in [-0.25, -0.2) is 0 Å². The first-order valence-corrected chi connectivity index (χ1v) is 8.47. The normalized spacial score (nSPS) is 17.6. The van der Waals surface area contributed by atoms with Crippen LogP contribution in [0.2, 0.25) is 0 Å². The number of rotatable bonds is 6. The van der Waals surface area contributed by atoms with Crippen LogP contribution < -0.4 is 10.1 Å². The first-order chi connectivity index (χ1) is 11.8. The van der Waals surface area contributed by atoms with E-state index in [0.29, 0.717) is 23.9 Å². The Morgan fingerprint density at radius 3 is 2.71 bits per heavy atom. The predicted octanol–water partition coefficient (Wildman–Crippen LogP) is 3.09. The zero-order valence-electron chi connectivity index (χ0n) is 14.1. The molecule has 0 radical (unpaired) electrons. The number of hydrogen-bond acceptors (Lipinski definition) is 3. The van der Waals surface area contributed by atoms with Crippen LogP contribution in [0.5, 0.6) is 5.75 Å². The van der Waals surface area contributed by atoms with Crippen molar-refractivity contribution < 1.29 is 9.53 Å². The molecule has 0 saturated carbocycles. The Bertz CT molecular complexity index is 672. The maximum Gasteiger partial charge on any atom is 0.255 e. The van der Waals surface area contributed by atoms with Gasteiger partial charge in [0.2, 0.25) is 0 Å². The maximum atomic E-state index is 12.4.